The van der Waals surface area contributed by atoms with Crippen LogP contribution >= 0.6 is 0 Å². The Bertz CT molecular complexity index is 1600. The van der Waals surface area contributed by atoms with Gasteiger partial charge in [-0.05, 0) is 98.6 Å². The van der Waals surface area contributed by atoms with E-state index in [9.17, 15) is 5.11 Å². The number of hydrogen-bond donors (Lipinski definition) is 2. The summed E-state index contributed by atoms with van der Waals surface area (Å²) >= 11 is 0. The molecule has 0 amide bonds. The normalized spacial score (nSPS) is 23.8. The fourth-order valence-corrected chi connectivity index (χ4v) is 7.87. The van der Waals surface area contributed by atoms with Gasteiger partial charge in [0.2, 0.25) is 0 Å². The van der Waals surface area contributed by atoms with E-state index in [0.717, 1.165) is 57.4 Å². The smallest absolute Gasteiger partial charge is 0.319 e. The summed E-state index contributed by atoms with van der Waals surface area (Å²) in [6.07, 6.45) is 9.15. The van der Waals surface area contributed by atoms with Gasteiger partial charge in [0.25, 0.3) is 0 Å². The van der Waals surface area contributed by atoms with Crippen LogP contribution in [0.15, 0.2) is 42.6 Å². The third-order valence-electron chi connectivity index (χ3n) is 9.78. The van der Waals surface area contributed by atoms with Crippen molar-refractivity contribution in [2.45, 2.75) is 63.1 Å². The first kappa shape index (κ1) is 24.3. The van der Waals surface area contributed by atoms with Gasteiger partial charge < -0.3 is 20.1 Å². The number of aryl methyl sites for hydroxylation is 1. The number of anilines is 1. The zero-order valence-corrected chi connectivity index (χ0v) is 23.1. The summed E-state index contributed by atoms with van der Waals surface area (Å²) < 4.78 is 6.48. The number of phenols is 1. The average molecular weight is 537 g/mol. The molecule has 8 nitrogen and oxygen atoms in total. The molecule has 4 fully saturated rings. The van der Waals surface area contributed by atoms with Gasteiger partial charge in [-0.15, -0.1) is 0 Å². The van der Waals surface area contributed by atoms with Crippen molar-refractivity contribution in [1.82, 2.24) is 25.2 Å². The molecular weight excluding hydrogens is 500 g/mol. The number of pyridine rings is 1. The summed E-state index contributed by atoms with van der Waals surface area (Å²) in [5.41, 5.74) is 4.76. The van der Waals surface area contributed by atoms with Gasteiger partial charge in [-0.3, -0.25) is 9.88 Å². The molecule has 40 heavy (non-hydrogen) atoms. The number of fused-ring (bicyclic) bond motifs is 5. The Morgan fingerprint density at radius 3 is 2.65 bits per heavy atom. The van der Waals surface area contributed by atoms with Gasteiger partial charge in [0.1, 0.15) is 17.9 Å². The molecule has 2 N–H and O–H groups in total. The summed E-state index contributed by atoms with van der Waals surface area (Å²) in [7, 11) is 0. The zero-order valence-electron chi connectivity index (χ0n) is 23.1. The standard InChI is InChI=1S/C32H36N6O2/c1-20-5-2-6-21-13-25(39)15-26(28(20)21)22-14-27-29(33-16-22)30(37-17-23-7-8-24(18-37)34-23)36-31(35-27)40-19-32-9-3-11-38(32)12-4-10-32/h2,5-6,13-16,23-24,34,39H,3-4,7-12,17-19H2,1H3. The van der Waals surface area contributed by atoms with E-state index in [4.69, 9.17) is 19.7 Å². The molecule has 6 heterocycles. The highest BCUT2D eigenvalue weighted by Crippen LogP contribution is 2.40. The Labute approximate surface area is 234 Å². The van der Waals surface area contributed by atoms with Crippen LogP contribution < -0.4 is 15.0 Å². The second kappa shape index (κ2) is 9.28. The van der Waals surface area contributed by atoms with E-state index < -0.39 is 0 Å². The molecule has 0 radical (unpaired) electrons. The first-order chi connectivity index (χ1) is 19.5. The van der Waals surface area contributed by atoms with Crippen LogP contribution in [0.5, 0.6) is 11.8 Å². The fraction of sp³-hybridized carbons (Fsp3) is 0.469. The molecule has 2 aromatic heterocycles. The SMILES string of the molecule is Cc1cccc2cc(O)cc(-c3cnc4c(N5CC6CCC(C5)N6)nc(OCC56CCCN5CCC6)nc4c3)c12. The van der Waals surface area contributed by atoms with Crippen LogP contribution in [0.1, 0.15) is 44.1 Å². The van der Waals surface area contributed by atoms with Crippen LogP contribution in [0.2, 0.25) is 0 Å². The third kappa shape index (κ3) is 3.99. The van der Waals surface area contributed by atoms with Gasteiger partial charge in [-0.2, -0.15) is 9.97 Å². The van der Waals surface area contributed by atoms with Gasteiger partial charge in [0.15, 0.2) is 5.82 Å². The maximum absolute atomic E-state index is 10.6. The van der Waals surface area contributed by atoms with Crippen LogP contribution in [0.4, 0.5) is 5.82 Å². The van der Waals surface area contributed by atoms with Crippen molar-refractivity contribution < 1.29 is 9.84 Å². The number of ether oxygens (including phenoxy) is 1. The van der Waals surface area contributed by atoms with Crippen molar-refractivity contribution in [3.05, 3.63) is 48.2 Å². The van der Waals surface area contributed by atoms with E-state index in [-0.39, 0.29) is 11.3 Å². The summed E-state index contributed by atoms with van der Waals surface area (Å²) in [4.78, 5) is 19.9. The maximum Gasteiger partial charge on any atom is 0.319 e. The van der Waals surface area contributed by atoms with Crippen molar-refractivity contribution >= 4 is 27.6 Å². The number of nitrogens with one attached hydrogen (secondary N) is 1. The Kier molecular flexibility index (Phi) is 5.64. The molecule has 2 aromatic carbocycles. The van der Waals surface area contributed by atoms with Crippen LogP contribution in [0, 0.1) is 6.92 Å². The molecule has 4 aromatic rings. The second-order valence-corrected chi connectivity index (χ2v) is 12.3. The number of phenolic OH excluding ortho intramolecular Hbond substituents is 1. The van der Waals surface area contributed by atoms with E-state index in [0.29, 0.717) is 24.7 Å². The lowest BCUT2D eigenvalue weighted by Gasteiger charge is -2.34. The highest BCUT2D eigenvalue weighted by atomic mass is 16.5. The summed E-state index contributed by atoms with van der Waals surface area (Å²) in [6, 6.07) is 13.3. The van der Waals surface area contributed by atoms with Crippen molar-refractivity contribution in [1.29, 1.82) is 0 Å². The average Bonchev–Trinajstić information content (AvgIpc) is 3.64. The van der Waals surface area contributed by atoms with Crippen LogP contribution in [0.3, 0.4) is 0 Å². The third-order valence-corrected chi connectivity index (χ3v) is 9.78. The fourth-order valence-electron chi connectivity index (χ4n) is 7.87. The molecule has 2 unspecified atom stereocenters. The molecule has 0 spiro atoms. The number of rotatable bonds is 5. The summed E-state index contributed by atoms with van der Waals surface area (Å²) in [6.45, 7) is 6.91. The van der Waals surface area contributed by atoms with Crippen molar-refractivity contribution in [2.75, 3.05) is 37.7 Å². The minimum absolute atomic E-state index is 0.130. The number of piperazine rings is 1. The molecule has 2 bridgehead atoms. The monoisotopic (exact) mass is 536 g/mol. The predicted octanol–water partition coefficient (Wildman–Crippen LogP) is 4.81. The first-order valence-electron chi connectivity index (χ1n) is 14.8. The molecule has 0 aliphatic carbocycles. The van der Waals surface area contributed by atoms with Gasteiger partial charge in [0, 0.05) is 36.9 Å². The van der Waals surface area contributed by atoms with Gasteiger partial charge in [-0.25, -0.2) is 0 Å². The quantitative estimate of drug-likeness (QED) is 0.376. The highest BCUT2D eigenvalue weighted by Gasteiger charge is 2.45. The van der Waals surface area contributed by atoms with E-state index in [1.54, 1.807) is 0 Å². The lowest BCUT2D eigenvalue weighted by Crippen LogP contribution is -2.51. The van der Waals surface area contributed by atoms with Gasteiger partial charge >= 0.3 is 6.01 Å². The Morgan fingerprint density at radius 1 is 1.05 bits per heavy atom. The van der Waals surface area contributed by atoms with Crippen molar-refractivity contribution in [3.8, 4) is 22.9 Å². The van der Waals surface area contributed by atoms with Crippen LogP contribution in [-0.2, 0) is 0 Å². The van der Waals surface area contributed by atoms with E-state index >= 15 is 0 Å². The molecule has 4 saturated heterocycles. The van der Waals surface area contributed by atoms with Gasteiger partial charge in [0.05, 0.1) is 11.1 Å². The van der Waals surface area contributed by atoms with E-state index in [2.05, 4.69) is 34.2 Å². The lowest BCUT2D eigenvalue weighted by molar-refractivity contribution is 0.108. The Morgan fingerprint density at radius 2 is 1.85 bits per heavy atom. The molecule has 206 valence electrons. The molecule has 8 heteroatoms. The molecule has 8 rings (SSSR count). The number of hydrogen-bond acceptors (Lipinski definition) is 8. The Balaban J connectivity index is 1.23. The Hall–Kier alpha value is -3.49. The molecule has 2 atom stereocenters. The van der Waals surface area contributed by atoms with Crippen molar-refractivity contribution in [2.24, 2.45) is 0 Å². The molecular formula is C32H36N6O2. The minimum atomic E-state index is 0.130. The number of nitrogens with zero attached hydrogens (tertiary/aromatic N) is 5. The molecule has 0 saturated carbocycles. The largest absolute Gasteiger partial charge is 0.508 e. The lowest BCUT2D eigenvalue weighted by atomic mass is 9.95. The highest BCUT2D eigenvalue weighted by molar-refractivity contribution is 6.01. The predicted molar refractivity (Wildman–Crippen MR) is 157 cm³/mol. The zero-order chi connectivity index (χ0) is 26.8. The molecule has 4 aliphatic heterocycles. The van der Waals surface area contributed by atoms with E-state index in [1.807, 2.05) is 30.5 Å². The first-order valence-corrected chi connectivity index (χ1v) is 14.8. The topological polar surface area (TPSA) is 86.6 Å². The summed E-state index contributed by atoms with van der Waals surface area (Å²) in [5, 5.41) is 16.4. The van der Waals surface area contributed by atoms with Crippen LogP contribution in [-0.4, -0.2) is 75.4 Å². The van der Waals surface area contributed by atoms with Crippen molar-refractivity contribution in [3.63, 3.8) is 0 Å². The maximum atomic E-state index is 10.6. The molecule has 4 aliphatic rings. The number of aromatic nitrogens is 3. The number of aromatic hydroxyl groups is 1. The van der Waals surface area contributed by atoms with E-state index in [1.165, 1.54) is 51.6 Å². The number of benzene rings is 2. The van der Waals surface area contributed by atoms with Crippen LogP contribution in [0.25, 0.3) is 32.9 Å². The minimum Gasteiger partial charge on any atom is -0.508 e. The van der Waals surface area contributed by atoms with Gasteiger partial charge in [-0.1, -0.05) is 18.2 Å². The second-order valence-electron chi connectivity index (χ2n) is 12.3. The summed E-state index contributed by atoms with van der Waals surface area (Å²) in [5.74, 6) is 1.11.